The zero-order valence-electron chi connectivity index (χ0n) is 15.6. The predicted molar refractivity (Wildman–Crippen MR) is 106 cm³/mol. The first-order chi connectivity index (χ1) is 12.3. The average molecular weight is 372 g/mol. The number of primary amides is 1. The number of amides is 2. The Morgan fingerprint density at radius 1 is 1.15 bits per heavy atom. The molecule has 0 radical (unpaired) electrons. The lowest BCUT2D eigenvalue weighted by Gasteiger charge is -2.15. The van der Waals surface area contributed by atoms with Crippen LogP contribution in [0.2, 0.25) is 0 Å². The maximum absolute atomic E-state index is 12.2. The van der Waals surface area contributed by atoms with Gasteiger partial charge in [0.15, 0.2) is 0 Å². The molecule has 0 aliphatic heterocycles. The molecule has 0 aliphatic carbocycles. The maximum Gasteiger partial charge on any atom is 0.251 e. The summed E-state index contributed by atoms with van der Waals surface area (Å²) in [6, 6.07) is 10.0. The molecular formula is C20H25N3O2S. The first kappa shape index (κ1) is 20.0. The molecule has 5 nitrogen and oxygen atoms in total. The van der Waals surface area contributed by atoms with Gasteiger partial charge in [0.1, 0.15) is 5.03 Å². The fourth-order valence-electron chi connectivity index (χ4n) is 2.66. The number of thioether (sulfide) groups is 1. The van der Waals surface area contributed by atoms with Crippen LogP contribution in [0.5, 0.6) is 0 Å². The summed E-state index contributed by atoms with van der Waals surface area (Å²) in [6.07, 6.45) is 0. The van der Waals surface area contributed by atoms with E-state index in [-0.39, 0.29) is 17.6 Å². The molecule has 0 spiro atoms. The standard InChI is InChI=1S/C20H25N3O2S/c1-12(16-8-6-5-7-9-16)10-22-17(24)11-26-20-18(19(21)25)14(3)13(2)15(4)23-20/h5-9,12H,10-11H2,1-4H3,(H2,21,25)(H,22,24). The molecule has 0 saturated heterocycles. The molecule has 1 unspecified atom stereocenters. The Labute approximate surface area is 158 Å². The van der Waals surface area contributed by atoms with Crippen LogP contribution in [-0.4, -0.2) is 29.1 Å². The number of nitrogens with two attached hydrogens (primary N) is 1. The smallest absolute Gasteiger partial charge is 0.251 e. The molecule has 0 fully saturated rings. The molecule has 6 heteroatoms. The van der Waals surface area contributed by atoms with E-state index in [1.807, 2.05) is 51.1 Å². The van der Waals surface area contributed by atoms with Gasteiger partial charge in [-0.3, -0.25) is 9.59 Å². The summed E-state index contributed by atoms with van der Waals surface area (Å²) in [5.74, 6) is -0.186. The largest absolute Gasteiger partial charge is 0.366 e. The Bertz CT molecular complexity index is 806. The van der Waals surface area contributed by atoms with Gasteiger partial charge < -0.3 is 11.1 Å². The molecule has 1 aromatic carbocycles. The van der Waals surface area contributed by atoms with E-state index in [1.54, 1.807) is 0 Å². The van der Waals surface area contributed by atoms with Gasteiger partial charge in [0.2, 0.25) is 5.91 Å². The molecule has 0 saturated carbocycles. The number of pyridine rings is 1. The highest BCUT2D eigenvalue weighted by Gasteiger charge is 2.18. The summed E-state index contributed by atoms with van der Waals surface area (Å²) < 4.78 is 0. The first-order valence-corrected chi connectivity index (χ1v) is 9.51. The van der Waals surface area contributed by atoms with Gasteiger partial charge in [-0.05, 0) is 43.4 Å². The monoisotopic (exact) mass is 371 g/mol. The van der Waals surface area contributed by atoms with Crippen LogP contribution >= 0.6 is 11.8 Å². The van der Waals surface area contributed by atoms with Crippen LogP contribution in [0.4, 0.5) is 0 Å². The molecule has 0 aliphatic rings. The van der Waals surface area contributed by atoms with E-state index in [9.17, 15) is 9.59 Å². The second-order valence-corrected chi connectivity index (χ2v) is 7.36. The zero-order valence-corrected chi connectivity index (χ0v) is 16.4. The summed E-state index contributed by atoms with van der Waals surface area (Å²) in [4.78, 5) is 28.4. The lowest BCUT2D eigenvalue weighted by Crippen LogP contribution is -2.29. The summed E-state index contributed by atoms with van der Waals surface area (Å²) >= 11 is 1.24. The van der Waals surface area contributed by atoms with Gasteiger partial charge in [-0.1, -0.05) is 49.0 Å². The third-order valence-electron chi connectivity index (χ3n) is 4.52. The van der Waals surface area contributed by atoms with Gasteiger partial charge in [0.25, 0.3) is 5.91 Å². The summed E-state index contributed by atoms with van der Waals surface area (Å²) in [7, 11) is 0. The highest BCUT2D eigenvalue weighted by Crippen LogP contribution is 2.26. The van der Waals surface area contributed by atoms with Gasteiger partial charge >= 0.3 is 0 Å². The van der Waals surface area contributed by atoms with Gasteiger partial charge in [0, 0.05) is 12.2 Å². The summed E-state index contributed by atoms with van der Waals surface area (Å²) in [6.45, 7) is 8.29. The minimum absolute atomic E-state index is 0.0918. The number of hydrogen-bond donors (Lipinski definition) is 2. The lowest BCUT2D eigenvalue weighted by molar-refractivity contribution is -0.118. The number of nitrogens with one attached hydrogen (secondary N) is 1. The fraction of sp³-hybridized carbons (Fsp3) is 0.350. The molecular weight excluding hydrogens is 346 g/mol. The molecule has 3 N–H and O–H groups in total. The maximum atomic E-state index is 12.2. The number of benzene rings is 1. The molecule has 1 aromatic heterocycles. The van der Waals surface area contributed by atoms with Crippen molar-refractivity contribution in [3.05, 3.63) is 58.3 Å². The Balaban J connectivity index is 1.98. The quantitative estimate of drug-likeness (QED) is 0.732. The van der Waals surface area contributed by atoms with E-state index in [4.69, 9.17) is 5.73 Å². The second kappa shape index (κ2) is 8.85. The van der Waals surface area contributed by atoms with E-state index >= 15 is 0 Å². The topological polar surface area (TPSA) is 85.1 Å². The van der Waals surface area contributed by atoms with Crippen LogP contribution in [0.25, 0.3) is 0 Å². The molecule has 0 bridgehead atoms. The van der Waals surface area contributed by atoms with E-state index < -0.39 is 5.91 Å². The van der Waals surface area contributed by atoms with Crippen LogP contribution in [-0.2, 0) is 4.79 Å². The number of carbonyl (C=O) groups is 2. The van der Waals surface area contributed by atoms with Crippen molar-refractivity contribution in [3.63, 3.8) is 0 Å². The number of carbonyl (C=O) groups excluding carboxylic acids is 2. The van der Waals surface area contributed by atoms with Crippen molar-refractivity contribution in [3.8, 4) is 0 Å². The fourth-order valence-corrected chi connectivity index (χ4v) is 3.63. The van der Waals surface area contributed by atoms with E-state index in [0.29, 0.717) is 17.1 Å². The van der Waals surface area contributed by atoms with Gasteiger partial charge in [-0.15, -0.1) is 0 Å². The van der Waals surface area contributed by atoms with Crippen LogP contribution in [0, 0.1) is 20.8 Å². The van der Waals surface area contributed by atoms with E-state index in [1.165, 1.54) is 17.3 Å². The van der Waals surface area contributed by atoms with Crippen LogP contribution < -0.4 is 11.1 Å². The molecule has 2 aromatic rings. The van der Waals surface area contributed by atoms with E-state index in [2.05, 4.69) is 17.2 Å². The SMILES string of the molecule is Cc1nc(SCC(=O)NCC(C)c2ccccc2)c(C(N)=O)c(C)c1C. The Kier molecular flexibility index (Phi) is 6.80. The molecule has 1 heterocycles. The predicted octanol–water partition coefficient (Wildman–Crippen LogP) is 3.12. The number of rotatable bonds is 7. The van der Waals surface area contributed by atoms with Crippen molar-refractivity contribution in [1.82, 2.24) is 10.3 Å². The van der Waals surface area contributed by atoms with Crippen molar-refractivity contribution < 1.29 is 9.59 Å². The number of nitrogens with zero attached hydrogens (tertiary/aromatic N) is 1. The molecule has 2 amide bonds. The average Bonchev–Trinajstić information content (AvgIpc) is 2.62. The Morgan fingerprint density at radius 3 is 2.42 bits per heavy atom. The minimum Gasteiger partial charge on any atom is -0.366 e. The summed E-state index contributed by atoms with van der Waals surface area (Å²) in [5.41, 5.74) is 9.71. The van der Waals surface area contributed by atoms with Gasteiger partial charge in [-0.25, -0.2) is 4.98 Å². The van der Waals surface area contributed by atoms with Crippen LogP contribution in [0.3, 0.4) is 0 Å². The number of aryl methyl sites for hydroxylation is 1. The normalized spacial score (nSPS) is 11.8. The number of hydrogen-bond acceptors (Lipinski definition) is 4. The Morgan fingerprint density at radius 2 is 1.81 bits per heavy atom. The van der Waals surface area contributed by atoms with Crippen molar-refractivity contribution in [2.75, 3.05) is 12.3 Å². The van der Waals surface area contributed by atoms with Crippen LogP contribution in [0.15, 0.2) is 35.4 Å². The zero-order chi connectivity index (χ0) is 19.3. The minimum atomic E-state index is -0.515. The van der Waals surface area contributed by atoms with Crippen molar-refractivity contribution in [2.24, 2.45) is 5.73 Å². The van der Waals surface area contributed by atoms with Crippen LogP contribution in [0.1, 0.15) is 45.6 Å². The molecule has 1 atom stereocenters. The highest BCUT2D eigenvalue weighted by molar-refractivity contribution is 8.00. The third kappa shape index (κ3) is 4.85. The van der Waals surface area contributed by atoms with Crippen molar-refractivity contribution in [2.45, 2.75) is 38.6 Å². The van der Waals surface area contributed by atoms with Crippen molar-refractivity contribution >= 4 is 23.6 Å². The first-order valence-electron chi connectivity index (χ1n) is 8.53. The Hall–Kier alpha value is -2.34. The molecule has 2 rings (SSSR count). The highest BCUT2D eigenvalue weighted by atomic mass is 32.2. The van der Waals surface area contributed by atoms with E-state index in [0.717, 1.165) is 16.8 Å². The van der Waals surface area contributed by atoms with Crippen molar-refractivity contribution in [1.29, 1.82) is 0 Å². The molecule has 26 heavy (non-hydrogen) atoms. The summed E-state index contributed by atoms with van der Waals surface area (Å²) in [5, 5.41) is 3.45. The lowest BCUT2D eigenvalue weighted by atomic mass is 10.0. The second-order valence-electron chi connectivity index (χ2n) is 6.40. The van der Waals surface area contributed by atoms with Gasteiger partial charge in [0.05, 0.1) is 11.3 Å². The number of aromatic nitrogens is 1. The third-order valence-corrected chi connectivity index (χ3v) is 5.50. The molecule has 138 valence electrons. The van der Waals surface area contributed by atoms with Gasteiger partial charge in [-0.2, -0.15) is 0 Å².